The summed E-state index contributed by atoms with van der Waals surface area (Å²) in [6, 6.07) is 18.3. The monoisotopic (exact) mass is 334 g/mol. The molecule has 0 radical (unpaired) electrons. The van der Waals surface area contributed by atoms with Crippen molar-refractivity contribution in [2.75, 3.05) is 13.7 Å². The molecule has 20 heavy (non-hydrogen) atoms. The van der Waals surface area contributed by atoms with E-state index in [0.29, 0.717) is 6.61 Å². The van der Waals surface area contributed by atoms with Crippen LogP contribution in [0.4, 0.5) is 0 Å². The van der Waals surface area contributed by atoms with Gasteiger partial charge in [0.25, 0.3) is 0 Å². The molecule has 0 aliphatic carbocycles. The van der Waals surface area contributed by atoms with Crippen molar-refractivity contribution in [2.24, 2.45) is 0 Å². The summed E-state index contributed by atoms with van der Waals surface area (Å²) in [6.07, 6.45) is 1.98. The van der Waals surface area contributed by atoms with E-state index in [0.717, 1.165) is 23.1 Å². The third-order valence-electron chi connectivity index (χ3n) is 3.16. The molecule has 0 N–H and O–H groups in total. The van der Waals surface area contributed by atoms with E-state index >= 15 is 0 Å². The Morgan fingerprint density at radius 2 is 1.70 bits per heavy atom. The van der Waals surface area contributed by atoms with Crippen LogP contribution < -0.4 is 4.74 Å². The molecule has 106 valence electrons. The van der Waals surface area contributed by atoms with Gasteiger partial charge < -0.3 is 9.47 Å². The molecule has 0 fully saturated rings. The van der Waals surface area contributed by atoms with Crippen molar-refractivity contribution < 1.29 is 9.47 Å². The van der Waals surface area contributed by atoms with E-state index < -0.39 is 0 Å². The van der Waals surface area contributed by atoms with Crippen molar-refractivity contribution in [2.45, 2.75) is 18.9 Å². The molecule has 2 aromatic carbocycles. The maximum absolute atomic E-state index is 5.73. The highest BCUT2D eigenvalue weighted by Gasteiger charge is 2.08. The minimum absolute atomic E-state index is 0.188. The molecule has 0 heterocycles. The fourth-order valence-corrected chi connectivity index (χ4v) is 2.28. The van der Waals surface area contributed by atoms with Crippen LogP contribution in [0.5, 0.6) is 5.75 Å². The van der Waals surface area contributed by atoms with Gasteiger partial charge in [0.05, 0.1) is 12.7 Å². The van der Waals surface area contributed by atoms with E-state index in [2.05, 4.69) is 40.2 Å². The van der Waals surface area contributed by atoms with Gasteiger partial charge in [0.2, 0.25) is 0 Å². The second kappa shape index (κ2) is 8.08. The topological polar surface area (TPSA) is 18.5 Å². The molecule has 3 heteroatoms. The maximum atomic E-state index is 5.73. The summed E-state index contributed by atoms with van der Waals surface area (Å²) in [5.41, 5.74) is 1.29. The number of hydrogen-bond donors (Lipinski definition) is 0. The van der Waals surface area contributed by atoms with Gasteiger partial charge >= 0.3 is 0 Å². The Hall–Kier alpha value is -1.32. The zero-order valence-corrected chi connectivity index (χ0v) is 13.2. The molecule has 0 aliphatic heterocycles. The van der Waals surface area contributed by atoms with Crippen LogP contribution in [-0.2, 0) is 11.2 Å². The quantitative estimate of drug-likeness (QED) is 0.743. The molecular weight excluding hydrogens is 316 g/mol. The lowest BCUT2D eigenvalue weighted by Gasteiger charge is -2.16. The van der Waals surface area contributed by atoms with Crippen molar-refractivity contribution >= 4 is 15.9 Å². The van der Waals surface area contributed by atoms with E-state index in [1.54, 1.807) is 7.11 Å². The van der Waals surface area contributed by atoms with Crippen LogP contribution in [0.3, 0.4) is 0 Å². The van der Waals surface area contributed by atoms with Gasteiger partial charge in [-0.1, -0.05) is 46.3 Å². The second-order valence-electron chi connectivity index (χ2n) is 4.64. The van der Waals surface area contributed by atoms with Crippen LogP contribution in [0.1, 0.15) is 12.0 Å². The van der Waals surface area contributed by atoms with E-state index in [4.69, 9.17) is 9.47 Å². The lowest BCUT2D eigenvalue weighted by Crippen LogP contribution is -2.17. The predicted octanol–water partition coefficient (Wildman–Crippen LogP) is 4.48. The van der Waals surface area contributed by atoms with Crippen molar-refractivity contribution in [1.29, 1.82) is 0 Å². The van der Waals surface area contributed by atoms with Crippen molar-refractivity contribution in [1.82, 2.24) is 0 Å². The van der Waals surface area contributed by atoms with Gasteiger partial charge in [-0.3, -0.25) is 0 Å². The molecule has 2 aromatic rings. The van der Waals surface area contributed by atoms with E-state index in [1.807, 2.05) is 30.3 Å². The molecule has 1 unspecified atom stereocenters. The zero-order valence-electron chi connectivity index (χ0n) is 11.6. The lowest BCUT2D eigenvalue weighted by molar-refractivity contribution is 0.0815. The Balaban J connectivity index is 1.78. The lowest BCUT2D eigenvalue weighted by atomic mass is 10.1. The summed E-state index contributed by atoms with van der Waals surface area (Å²) in [5.74, 6) is 0.891. The fourth-order valence-electron chi connectivity index (χ4n) is 2.02. The molecule has 0 aromatic heterocycles. The Morgan fingerprint density at radius 1 is 1.00 bits per heavy atom. The number of methoxy groups -OCH3 is 1. The van der Waals surface area contributed by atoms with Crippen LogP contribution >= 0.6 is 15.9 Å². The van der Waals surface area contributed by atoms with Gasteiger partial charge in [-0.2, -0.15) is 0 Å². The number of halogens is 1. The van der Waals surface area contributed by atoms with Crippen molar-refractivity contribution in [3.63, 3.8) is 0 Å². The highest BCUT2D eigenvalue weighted by atomic mass is 79.9. The summed E-state index contributed by atoms with van der Waals surface area (Å²) in [4.78, 5) is 0. The third-order valence-corrected chi connectivity index (χ3v) is 3.69. The molecule has 0 spiro atoms. The standard InChI is InChI=1S/C17H19BrO2/c1-19-17(13-14-5-3-2-4-6-14)11-12-20-16-9-7-15(18)8-10-16/h2-10,17H,11-13H2,1H3. The average molecular weight is 335 g/mol. The Labute approximate surface area is 128 Å². The normalized spacial score (nSPS) is 12.1. The summed E-state index contributed by atoms with van der Waals surface area (Å²) in [5, 5.41) is 0. The van der Waals surface area contributed by atoms with E-state index in [9.17, 15) is 0 Å². The average Bonchev–Trinajstić information content (AvgIpc) is 2.49. The van der Waals surface area contributed by atoms with Gasteiger partial charge in [0.15, 0.2) is 0 Å². The van der Waals surface area contributed by atoms with Crippen LogP contribution in [0.15, 0.2) is 59.1 Å². The second-order valence-corrected chi connectivity index (χ2v) is 5.55. The SMILES string of the molecule is COC(CCOc1ccc(Br)cc1)Cc1ccccc1. The van der Waals surface area contributed by atoms with Crippen molar-refractivity contribution in [3.8, 4) is 5.75 Å². The number of benzene rings is 2. The van der Waals surface area contributed by atoms with Gasteiger partial charge in [-0.05, 0) is 36.2 Å². The fraction of sp³-hybridized carbons (Fsp3) is 0.294. The Morgan fingerprint density at radius 3 is 2.35 bits per heavy atom. The maximum Gasteiger partial charge on any atom is 0.119 e. The minimum Gasteiger partial charge on any atom is -0.493 e. The van der Waals surface area contributed by atoms with Gasteiger partial charge in [-0.15, -0.1) is 0 Å². The highest BCUT2D eigenvalue weighted by Crippen LogP contribution is 2.17. The van der Waals surface area contributed by atoms with Gasteiger partial charge in [0, 0.05) is 18.0 Å². The predicted molar refractivity (Wildman–Crippen MR) is 85.2 cm³/mol. The summed E-state index contributed by atoms with van der Waals surface area (Å²) < 4.78 is 12.3. The molecule has 2 nitrogen and oxygen atoms in total. The first-order valence-corrected chi connectivity index (χ1v) is 7.52. The Kier molecular flexibility index (Phi) is 6.09. The summed E-state index contributed by atoms with van der Waals surface area (Å²) in [7, 11) is 1.76. The molecule has 0 bridgehead atoms. The third kappa shape index (κ3) is 4.99. The number of ether oxygens (including phenoxy) is 2. The largest absolute Gasteiger partial charge is 0.493 e. The highest BCUT2D eigenvalue weighted by molar-refractivity contribution is 9.10. The van der Waals surface area contributed by atoms with Crippen LogP contribution in [0.2, 0.25) is 0 Å². The first-order chi connectivity index (χ1) is 9.78. The first kappa shape index (κ1) is 15.1. The van der Waals surface area contributed by atoms with Crippen LogP contribution in [0.25, 0.3) is 0 Å². The molecule has 0 aliphatic rings. The molecule has 0 saturated heterocycles. The smallest absolute Gasteiger partial charge is 0.119 e. The van der Waals surface area contributed by atoms with Gasteiger partial charge in [-0.25, -0.2) is 0 Å². The van der Waals surface area contributed by atoms with Crippen LogP contribution in [0, 0.1) is 0 Å². The zero-order chi connectivity index (χ0) is 14.2. The number of rotatable bonds is 7. The summed E-state index contributed by atoms with van der Waals surface area (Å²) in [6.45, 7) is 0.660. The molecule has 0 saturated carbocycles. The first-order valence-electron chi connectivity index (χ1n) is 6.73. The van der Waals surface area contributed by atoms with Crippen molar-refractivity contribution in [3.05, 3.63) is 64.6 Å². The molecular formula is C17H19BrO2. The summed E-state index contributed by atoms with van der Waals surface area (Å²) >= 11 is 3.41. The molecule has 1 atom stereocenters. The van der Waals surface area contributed by atoms with E-state index in [-0.39, 0.29) is 6.10 Å². The van der Waals surface area contributed by atoms with Gasteiger partial charge in [0.1, 0.15) is 5.75 Å². The Bertz CT molecular complexity index is 496. The minimum atomic E-state index is 0.188. The van der Waals surface area contributed by atoms with E-state index in [1.165, 1.54) is 5.56 Å². The number of hydrogen-bond acceptors (Lipinski definition) is 2. The van der Waals surface area contributed by atoms with Crippen LogP contribution in [-0.4, -0.2) is 19.8 Å². The molecule has 0 amide bonds. The molecule has 2 rings (SSSR count).